The van der Waals surface area contributed by atoms with Crippen LogP contribution < -0.4 is 25.4 Å². The number of rotatable bonds is 7. The van der Waals surface area contributed by atoms with Gasteiger partial charge in [0.05, 0.1) is 14.2 Å². The van der Waals surface area contributed by atoms with Crippen LogP contribution in [0.25, 0.3) is 0 Å². The molecule has 0 unspecified atom stereocenters. The van der Waals surface area contributed by atoms with E-state index in [9.17, 15) is 4.79 Å². The van der Waals surface area contributed by atoms with Gasteiger partial charge in [0.1, 0.15) is 11.5 Å². The van der Waals surface area contributed by atoms with Gasteiger partial charge in [-0.15, -0.1) is 12.4 Å². The highest BCUT2D eigenvalue weighted by atomic mass is 35.5. The van der Waals surface area contributed by atoms with E-state index in [2.05, 4.69) is 16.0 Å². The zero-order valence-electron chi connectivity index (χ0n) is 13.7. The second-order valence-corrected chi connectivity index (χ2v) is 5.34. The minimum Gasteiger partial charge on any atom is -0.497 e. The van der Waals surface area contributed by atoms with Crippen LogP contribution in [0.5, 0.6) is 11.5 Å². The molecule has 1 aliphatic heterocycles. The highest BCUT2D eigenvalue weighted by molar-refractivity contribution is 5.85. The number of ether oxygens (including phenoxy) is 2. The van der Waals surface area contributed by atoms with E-state index in [1.165, 1.54) is 0 Å². The summed E-state index contributed by atoms with van der Waals surface area (Å²) in [4.78, 5) is 12.0. The molecule has 0 aliphatic carbocycles. The van der Waals surface area contributed by atoms with Crippen LogP contribution in [0.3, 0.4) is 0 Å². The lowest BCUT2D eigenvalue weighted by atomic mass is 9.97. The van der Waals surface area contributed by atoms with E-state index in [4.69, 9.17) is 9.47 Å². The smallest absolute Gasteiger partial charge is 0.223 e. The maximum atomic E-state index is 12.0. The number of amides is 1. The lowest BCUT2D eigenvalue weighted by molar-refractivity contribution is -0.125. The van der Waals surface area contributed by atoms with Crippen molar-refractivity contribution < 1.29 is 14.3 Å². The summed E-state index contributed by atoms with van der Waals surface area (Å²) in [5.74, 6) is 1.78. The minimum absolute atomic E-state index is 0. The lowest BCUT2D eigenvalue weighted by Gasteiger charge is -2.21. The van der Waals surface area contributed by atoms with E-state index in [1.54, 1.807) is 14.2 Å². The molecule has 7 heteroatoms. The molecule has 1 amide bonds. The summed E-state index contributed by atoms with van der Waals surface area (Å²) in [6, 6.07) is 5.62. The zero-order chi connectivity index (χ0) is 15.8. The molecule has 0 spiro atoms. The Morgan fingerprint density at radius 3 is 2.30 bits per heavy atom. The van der Waals surface area contributed by atoms with E-state index in [0.717, 1.165) is 43.1 Å². The molecule has 1 heterocycles. The van der Waals surface area contributed by atoms with Gasteiger partial charge in [-0.05, 0) is 25.9 Å². The predicted molar refractivity (Wildman–Crippen MR) is 93.9 cm³/mol. The standard InChI is InChI=1S/C16H25N3O3.ClH/c1-21-14-9-13(10-15(11-14)22-2)18-7-8-19-16(20)12-3-5-17-6-4-12;/h9-12,17-18H,3-8H2,1-2H3,(H,19,20);1H. The Balaban J connectivity index is 0.00000264. The number of piperidine rings is 1. The number of methoxy groups -OCH3 is 2. The monoisotopic (exact) mass is 343 g/mol. The van der Waals surface area contributed by atoms with Crippen molar-refractivity contribution in [2.45, 2.75) is 12.8 Å². The first-order valence-electron chi connectivity index (χ1n) is 7.68. The highest BCUT2D eigenvalue weighted by Gasteiger charge is 2.19. The normalized spacial score (nSPS) is 14.5. The van der Waals surface area contributed by atoms with Gasteiger partial charge in [0, 0.05) is 42.9 Å². The van der Waals surface area contributed by atoms with Crippen LogP contribution in [-0.2, 0) is 4.79 Å². The molecule has 23 heavy (non-hydrogen) atoms. The van der Waals surface area contributed by atoms with Crippen LogP contribution in [0.4, 0.5) is 5.69 Å². The summed E-state index contributed by atoms with van der Waals surface area (Å²) in [5, 5.41) is 9.52. The second kappa shape index (κ2) is 10.2. The third-order valence-electron chi connectivity index (χ3n) is 3.81. The van der Waals surface area contributed by atoms with Gasteiger partial charge in [-0.1, -0.05) is 0 Å². The molecular formula is C16H26ClN3O3. The molecule has 1 aromatic rings. The molecule has 0 radical (unpaired) electrons. The lowest BCUT2D eigenvalue weighted by Crippen LogP contribution is -2.39. The van der Waals surface area contributed by atoms with Gasteiger partial charge in [0.25, 0.3) is 0 Å². The fraction of sp³-hybridized carbons (Fsp3) is 0.562. The Bertz CT molecular complexity index is 471. The molecule has 130 valence electrons. The van der Waals surface area contributed by atoms with Crippen LogP contribution in [0.15, 0.2) is 18.2 Å². The number of hydrogen-bond acceptors (Lipinski definition) is 5. The van der Waals surface area contributed by atoms with Crippen LogP contribution in [-0.4, -0.2) is 46.3 Å². The summed E-state index contributed by atoms with van der Waals surface area (Å²) in [6.45, 7) is 3.12. The Kier molecular flexibility index (Phi) is 8.58. The maximum absolute atomic E-state index is 12.0. The molecule has 0 bridgehead atoms. The van der Waals surface area contributed by atoms with Crippen molar-refractivity contribution in [1.29, 1.82) is 0 Å². The average molecular weight is 344 g/mol. The summed E-state index contributed by atoms with van der Waals surface area (Å²) < 4.78 is 10.5. The topological polar surface area (TPSA) is 71.6 Å². The second-order valence-electron chi connectivity index (χ2n) is 5.34. The average Bonchev–Trinajstić information content (AvgIpc) is 2.58. The number of halogens is 1. The Morgan fingerprint density at radius 1 is 1.13 bits per heavy atom. The molecule has 1 fully saturated rings. The summed E-state index contributed by atoms with van der Waals surface area (Å²) in [5.41, 5.74) is 0.910. The third kappa shape index (κ3) is 6.15. The first-order valence-corrected chi connectivity index (χ1v) is 7.68. The number of nitrogens with one attached hydrogen (secondary N) is 3. The van der Waals surface area contributed by atoms with E-state index >= 15 is 0 Å². The van der Waals surface area contributed by atoms with Crippen molar-refractivity contribution >= 4 is 24.0 Å². The Morgan fingerprint density at radius 2 is 1.74 bits per heavy atom. The van der Waals surface area contributed by atoms with Crippen molar-refractivity contribution in [3.63, 3.8) is 0 Å². The van der Waals surface area contributed by atoms with Gasteiger partial charge in [-0.2, -0.15) is 0 Å². The fourth-order valence-electron chi connectivity index (χ4n) is 2.53. The molecule has 1 aliphatic rings. The summed E-state index contributed by atoms with van der Waals surface area (Å²) >= 11 is 0. The Hall–Kier alpha value is -1.66. The predicted octanol–water partition coefficient (Wildman–Crippen LogP) is 1.65. The molecule has 1 saturated heterocycles. The zero-order valence-corrected chi connectivity index (χ0v) is 14.5. The van der Waals surface area contributed by atoms with Crippen LogP contribution in [0.2, 0.25) is 0 Å². The van der Waals surface area contributed by atoms with Gasteiger partial charge in [0.15, 0.2) is 0 Å². The summed E-state index contributed by atoms with van der Waals surface area (Å²) in [7, 11) is 3.25. The number of carbonyl (C=O) groups excluding carboxylic acids is 1. The summed E-state index contributed by atoms with van der Waals surface area (Å²) in [6.07, 6.45) is 1.85. The molecule has 1 aromatic carbocycles. The minimum atomic E-state index is 0. The largest absolute Gasteiger partial charge is 0.497 e. The fourth-order valence-corrected chi connectivity index (χ4v) is 2.53. The SMILES string of the molecule is COc1cc(NCCNC(=O)C2CCNCC2)cc(OC)c1.Cl. The van der Waals surface area contributed by atoms with Crippen molar-refractivity contribution in [2.75, 3.05) is 45.7 Å². The van der Waals surface area contributed by atoms with Crippen LogP contribution >= 0.6 is 12.4 Å². The number of benzene rings is 1. The molecule has 0 atom stereocenters. The number of carbonyl (C=O) groups is 1. The molecular weight excluding hydrogens is 318 g/mol. The van der Waals surface area contributed by atoms with Gasteiger partial charge >= 0.3 is 0 Å². The van der Waals surface area contributed by atoms with Crippen molar-refractivity contribution in [2.24, 2.45) is 5.92 Å². The van der Waals surface area contributed by atoms with E-state index in [-0.39, 0.29) is 24.2 Å². The van der Waals surface area contributed by atoms with Crippen LogP contribution in [0.1, 0.15) is 12.8 Å². The first-order chi connectivity index (χ1) is 10.7. The van der Waals surface area contributed by atoms with Crippen LogP contribution in [0, 0.1) is 5.92 Å². The quantitative estimate of drug-likeness (QED) is 0.657. The molecule has 0 aromatic heterocycles. The van der Waals surface area contributed by atoms with Crippen molar-refractivity contribution in [3.05, 3.63) is 18.2 Å². The van der Waals surface area contributed by atoms with Gasteiger partial charge in [-0.3, -0.25) is 4.79 Å². The Labute approximate surface area is 143 Å². The molecule has 6 nitrogen and oxygen atoms in total. The maximum Gasteiger partial charge on any atom is 0.223 e. The van der Waals surface area contributed by atoms with E-state index in [1.807, 2.05) is 18.2 Å². The van der Waals surface area contributed by atoms with Crippen molar-refractivity contribution in [3.8, 4) is 11.5 Å². The number of anilines is 1. The van der Waals surface area contributed by atoms with Gasteiger partial charge < -0.3 is 25.4 Å². The van der Waals surface area contributed by atoms with Crippen molar-refractivity contribution in [1.82, 2.24) is 10.6 Å². The molecule has 3 N–H and O–H groups in total. The molecule has 2 rings (SSSR count). The van der Waals surface area contributed by atoms with Gasteiger partial charge in [0.2, 0.25) is 5.91 Å². The third-order valence-corrected chi connectivity index (χ3v) is 3.81. The van der Waals surface area contributed by atoms with E-state index in [0.29, 0.717) is 13.1 Å². The molecule has 0 saturated carbocycles. The number of hydrogen-bond donors (Lipinski definition) is 3. The highest BCUT2D eigenvalue weighted by Crippen LogP contribution is 2.25. The first kappa shape index (κ1) is 19.4. The van der Waals surface area contributed by atoms with E-state index < -0.39 is 0 Å². The van der Waals surface area contributed by atoms with Gasteiger partial charge in [-0.25, -0.2) is 0 Å².